The minimum atomic E-state index is -0.141. The standard InChI is InChI=1S/C22H29N3O3/c1-17(22(27)23-12-11-18-3-9-21(28-2)10-4-18)24-13-15-25(16-14-24)19-5-7-20(26)8-6-19/h3-10,17,26H,11-16H2,1-2H3,(H,23,27)/t17-/m1/s1. The first-order valence-electron chi connectivity index (χ1n) is 9.75. The molecule has 1 amide bonds. The van der Waals surface area contributed by atoms with E-state index in [2.05, 4.69) is 15.1 Å². The van der Waals surface area contributed by atoms with E-state index in [1.54, 1.807) is 19.2 Å². The van der Waals surface area contributed by atoms with Crippen molar-refractivity contribution in [3.8, 4) is 11.5 Å². The van der Waals surface area contributed by atoms with Gasteiger partial charge in [0, 0.05) is 38.4 Å². The fraction of sp³-hybridized carbons (Fsp3) is 0.409. The fourth-order valence-electron chi connectivity index (χ4n) is 3.47. The average molecular weight is 383 g/mol. The molecule has 0 radical (unpaired) electrons. The van der Waals surface area contributed by atoms with Crippen LogP contribution < -0.4 is 15.0 Å². The van der Waals surface area contributed by atoms with Crippen LogP contribution in [0.5, 0.6) is 11.5 Å². The molecular formula is C22H29N3O3. The Morgan fingerprint density at radius 3 is 2.32 bits per heavy atom. The maximum atomic E-state index is 12.5. The zero-order valence-corrected chi connectivity index (χ0v) is 16.6. The SMILES string of the molecule is COc1ccc(CCNC(=O)[C@@H](C)N2CCN(c3ccc(O)cc3)CC2)cc1. The van der Waals surface area contributed by atoms with E-state index < -0.39 is 0 Å². The summed E-state index contributed by atoms with van der Waals surface area (Å²) in [4.78, 5) is 17.0. The van der Waals surface area contributed by atoms with Gasteiger partial charge >= 0.3 is 0 Å². The number of piperazine rings is 1. The number of hydrogen-bond donors (Lipinski definition) is 2. The van der Waals surface area contributed by atoms with E-state index in [1.165, 1.54) is 5.56 Å². The molecule has 28 heavy (non-hydrogen) atoms. The highest BCUT2D eigenvalue weighted by molar-refractivity contribution is 5.81. The van der Waals surface area contributed by atoms with Crippen LogP contribution in [-0.4, -0.2) is 61.8 Å². The van der Waals surface area contributed by atoms with E-state index in [4.69, 9.17) is 4.74 Å². The van der Waals surface area contributed by atoms with Crippen LogP contribution in [0.15, 0.2) is 48.5 Å². The van der Waals surface area contributed by atoms with Crippen LogP contribution in [-0.2, 0) is 11.2 Å². The number of amides is 1. The molecule has 1 atom stereocenters. The first-order chi connectivity index (χ1) is 13.6. The molecule has 1 aliphatic heterocycles. The number of ether oxygens (including phenoxy) is 1. The number of phenolic OH excluding ortho intramolecular Hbond substituents is 1. The van der Waals surface area contributed by atoms with Gasteiger partial charge in [-0.05, 0) is 55.3 Å². The average Bonchev–Trinajstić information content (AvgIpc) is 2.74. The molecular weight excluding hydrogens is 354 g/mol. The number of benzene rings is 2. The number of aromatic hydroxyl groups is 1. The number of hydrogen-bond acceptors (Lipinski definition) is 5. The maximum Gasteiger partial charge on any atom is 0.237 e. The van der Waals surface area contributed by atoms with Gasteiger partial charge in [0.2, 0.25) is 5.91 Å². The second-order valence-electron chi connectivity index (χ2n) is 7.10. The Hall–Kier alpha value is -2.73. The van der Waals surface area contributed by atoms with E-state index >= 15 is 0 Å². The van der Waals surface area contributed by atoms with E-state index in [9.17, 15) is 9.90 Å². The third-order valence-corrected chi connectivity index (χ3v) is 5.33. The minimum absolute atomic E-state index is 0.0756. The molecule has 0 saturated carbocycles. The molecule has 3 rings (SSSR count). The smallest absolute Gasteiger partial charge is 0.237 e. The van der Waals surface area contributed by atoms with Gasteiger partial charge in [-0.25, -0.2) is 0 Å². The number of carbonyl (C=O) groups excluding carboxylic acids is 1. The van der Waals surface area contributed by atoms with Gasteiger partial charge in [0.1, 0.15) is 11.5 Å². The summed E-state index contributed by atoms with van der Waals surface area (Å²) >= 11 is 0. The van der Waals surface area contributed by atoms with Crippen molar-refractivity contribution in [2.24, 2.45) is 0 Å². The maximum absolute atomic E-state index is 12.5. The van der Waals surface area contributed by atoms with Crippen molar-refractivity contribution in [3.05, 3.63) is 54.1 Å². The molecule has 1 aliphatic rings. The van der Waals surface area contributed by atoms with Crippen molar-refractivity contribution >= 4 is 11.6 Å². The molecule has 2 aromatic carbocycles. The van der Waals surface area contributed by atoms with Gasteiger partial charge in [-0.15, -0.1) is 0 Å². The van der Waals surface area contributed by atoms with Gasteiger partial charge < -0.3 is 20.1 Å². The van der Waals surface area contributed by atoms with Crippen LogP contribution >= 0.6 is 0 Å². The summed E-state index contributed by atoms with van der Waals surface area (Å²) in [6, 6.07) is 15.1. The van der Waals surface area contributed by atoms with Crippen molar-refractivity contribution < 1.29 is 14.6 Å². The number of carbonyl (C=O) groups is 1. The summed E-state index contributed by atoms with van der Waals surface area (Å²) in [6.07, 6.45) is 0.803. The van der Waals surface area contributed by atoms with E-state index in [1.807, 2.05) is 43.3 Å². The molecule has 0 spiro atoms. The Morgan fingerprint density at radius 1 is 1.07 bits per heavy atom. The summed E-state index contributed by atoms with van der Waals surface area (Å²) in [5.41, 5.74) is 2.28. The zero-order valence-electron chi connectivity index (χ0n) is 16.6. The first kappa shape index (κ1) is 20.0. The van der Waals surface area contributed by atoms with Crippen molar-refractivity contribution in [3.63, 3.8) is 0 Å². The number of nitrogens with one attached hydrogen (secondary N) is 1. The Labute approximate surface area is 166 Å². The molecule has 6 nitrogen and oxygen atoms in total. The van der Waals surface area contributed by atoms with Gasteiger partial charge in [-0.2, -0.15) is 0 Å². The molecule has 0 aromatic heterocycles. The highest BCUT2D eigenvalue weighted by Gasteiger charge is 2.25. The molecule has 6 heteroatoms. The molecule has 0 aliphatic carbocycles. The monoisotopic (exact) mass is 383 g/mol. The quantitative estimate of drug-likeness (QED) is 0.768. The summed E-state index contributed by atoms with van der Waals surface area (Å²) in [5, 5.41) is 12.5. The predicted octanol–water partition coefficient (Wildman–Crippen LogP) is 2.27. The van der Waals surface area contributed by atoms with Gasteiger partial charge in [0.25, 0.3) is 0 Å². The van der Waals surface area contributed by atoms with Crippen LogP contribution in [0.2, 0.25) is 0 Å². The number of anilines is 1. The molecule has 150 valence electrons. The highest BCUT2D eigenvalue weighted by atomic mass is 16.5. The van der Waals surface area contributed by atoms with Crippen LogP contribution in [0.4, 0.5) is 5.69 Å². The summed E-state index contributed by atoms with van der Waals surface area (Å²) in [5.74, 6) is 1.20. The third kappa shape index (κ3) is 5.16. The van der Waals surface area contributed by atoms with Crippen molar-refractivity contribution in [1.29, 1.82) is 0 Å². The van der Waals surface area contributed by atoms with Crippen molar-refractivity contribution in [2.75, 3.05) is 44.7 Å². The van der Waals surface area contributed by atoms with Crippen molar-refractivity contribution in [1.82, 2.24) is 10.2 Å². The molecule has 1 heterocycles. The first-order valence-corrected chi connectivity index (χ1v) is 9.75. The van der Waals surface area contributed by atoms with Gasteiger partial charge in [-0.1, -0.05) is 12.1 Å². The van der Waals surface area contributed by atoms with E-state index in [0.717, 1.165) is 44.0 Å². The lowest BCUT2D eigenvalue weighted by molar-refractivity contribution is -0.125. The lowest BCUT2D eigenvalue weighted by Gasteiger charge is -2.38. The van der Waals surface area contributed by atoms with Crippen molar-refractivity contribution in [2.45, 2.75) is 19.4 Å². The van der Waals surface area contributed by atoms with Crippen LogP contribution in [0.3, 0.4) is 0 Å². The molecule has 1 saturated heterocycles. The normalized spacial score (nSPS) is 15.9. The van der Waals surface area contributed by atoms with Crippen LogP contribution in [0, 0.1) is 0 Å². The Bertz CT molecular complexity index is 754. The Balaban J connectivity index is 1.41. The number of phenols is 1. The van der Waals surface area contributed by atoms with E-state index in [-0.39, 0.29) is 17.7 Å². The number of nitrogens with zero attached hydrogens (tertiary/aromatic N) is 2. The minimum Gasteiger partial charge on any atom is -0.508 e. The lowest BCUT2D eigenvalue weighted by atomic mass is 10.1. The third-order valence-electron chi connectivity index (χ3n) is 5.33. The summed E-state index contributed by atoms with van der Waals surface area (Å²) < 4.78 is 5.16. The van der Waals surface area contributed by atoms with Crippen LogP contribution in [0.1, 0.15) is 12.5 Å². The van der Waals surface area contributed by atoms with Gasteiger partial charge in [0.05, 0.1) is 13.2 Å². The lowest BCUT2D eigenvalue weighted by Crippen LogP contribution is -2.54. The van der Waals surface area contributed by atoms with Crippen LogP contribution in [0.25, 0.3) is 0 Å². The van der Waals surface area contributed by atoms with Gasteiger partial charge in [-0.3, -0.25) is 9.69 Å². The predicted molar refractivity (Wildman–Crippen MR) is 111 cm³/mol. The fourth-order valence-corrected chi connectivity index (χ4v) is 3.47. The molecule has 2 N–H and O–H groups in total. The highest BCUT2D eigenvalue weighted by Crippen LogP contribution is 2.20. The van der Waals surface area contributed by atoms with E-state index in [0.29, 0.717) is 6.54 Å². The summed E-state index contributed by atoms with van der Waals surface area (Å²) in [7, 11) is 1.65. The second kappa shape index (κ2) is 9.46. The topological polar surface area (TPSA) is 65.0 Å². The zero-order chi connectivity index (χ0) is 19.9. The number of methoxy groups -OCH3 is 1. The molecule has 0 bridgehead atoms. The largest absolute Gasteiger partial charge is 0.508 e. The summed E-state index contributed by atoms with van der Waals surface area (Å²) in [6.45, 7) is 6.02. The Morgan fingerprint density at radius 2 is 1.71 bits per heavy atom. The Kier molecular flexibility index (Phi) is 6.76. The molecule has 1 fully saturated rings. The second-order valence-corrected chi connectivity index (χ2v) is 7.10. The number of rotatable bonds is 7. The van der Waals surface area contributed by atoms with Gasteiger partial charge in [0.15, 0.2) is 0 Å². The molecule has 2 aromatic rings. The molecule has 0 unspecified atom stereocenters.